The summed E-state index contributed by atoms with van der Waals surface area (Å²) < 4.78 is 16.3. The van der Waals surface area contributed by atoms with Crippen LogP contribution in [0.4, 0.5) is 0 Å². The number of aromatic nitrogens is 2. The van der Waals surface area contributed by atoms with E-state index in [4.69, 9.17) is 14.2 Å². The largest absolute Gasteiger partial charge is 0.494 e. The molecule has 31 heavy (non-hydrogen) atoms. The third-order valence-corrected chi connectivity index (χ3v) is 4.99. The van der Waals surface area contributed by atoms with Crippen LogP contribution >= 0.6 is 0 Å². The van der Waals surface area contributed by atoms with Crippen LogP contribution in [0.25, 0.3) is 11.3 Å². The van der Waals surface area contributed by atoms with Gasteiger partial charge >= 0.3 is 0 Å². The molecule has 0 spiro atoms. The summed E-state index contributed by atoms with van der Waals surface area (Å²) in [6.45, 7) is 4.75. The maximum Gasteiger partial charge on any atom is 0.269 e. The molecular weight excluding hydrogens is 394 g/mol. The Morgan fingerprint density at radius 3 is 2.48 bits per heavy atom. The van der Waals surface area contributed by atoms with E-state index in [1.807, 2.05) is 49.4 Å². The van der Waals surface area contributed by atoms with Gasteiger partial charge in [0.2, 0.25) is 0 Å². The molecule has 0 bridgehead atoms. The minimum absolute atomic E-state index is 0.224. The molecule has 1 heterocycles. The molecule has 0 aliphatic carbocycles. The highest BCUT2D eigenvalue weighted by Crippen LogP contribution is 2.30. The van der Waals surface area contributed by atoms with Gasteiger partial charge in [-0.15, -0.1) is 0 Å². The zero-order valence-corrected chi connectivity index (χ0v) is 18.4. The quantitative estimate of drug-likeness (QED) is 0.459. The van der Waals surface area contributed by atoms with Crippen molar-refractivity contribution in [3.8, 4) is 28.5 Å². The fourth-order valence-electron chi connectivity index (χ4n) is 3.12. The van der Waals surface area contributed by atoms with Gasteiger partial charge in [-0.05, 0) is 61.4 Å². The molecule has 7 nitrogen and oxygen atoms in total. The number of carbonyl (C=O) groups is 1. The van der Waals surface area contributed by atoms with E-state index >= 15 is 0 Å². The predicted octanol–water partition coefficient (Wildman–Crippen LogP) is 4.76. The van der Waals surface area contributed by atoms with Crippen molar-refractivity contribution in [2.45, 2.75) is 32.7 Å². The monoisotopic (exact) mass is 423 g/mol. The third-order valence-electron chi connectivity index (χ3n) is 4.99. The Morgan fingerprint density at radius 1 is 1.06 bits per heavy atom. The van der Waals surface area contributed by atoms with E-state index in [9.17, 15) is 4.79 Å². The average molecular weight is 424 g/mol. The highest BCUT2D eigenvalue weighted by molar-refractivity contribution is 5.93. The highest BCUT2D eigenvalue weighted by atomic mass is 16.5. The number of methoxy groups -OCH3 is 2. The molecule has 0 aliphatic heterocycles. The van der Waals surface area contributed by atoms with Crippen molar-refractivity contribution in [2.24, 2.45) is 0 Å². The van der Waals surface area contributed by atoms with Crippen molar-refractivity contribution in [3.05, 3.63) is 59.8 Å². The second kappa shape index (κ2) is 10.5. The molecule has 164 valence electrons. The number of rotatable bonds is 10. The molecule has 3 aromatic rings. The van der Waals surface area contributed by atoms with Crippen LogP contribution in [0, 0.1) is 0 Å². The van der Waals surface area contributed by atoms with Gasteiger partial charge < -0.3 is 19.5 Å². The molecule has 2 N–H and O–H groups in total. The SMILES string of the molecule is CCCCOc1ccc(-c2cc(C(=O)N[C@@H](C)c3ccc(OC)c(OC)c3)[nH]n2)cc1. The number of ether oxygens (including phenoxy) is 3. The molecule has 3 rings (SSSR count). The van der Waals surface area contributed by atoms with E-state index in [1.165, 1.54) is 0 Å². The Labute approximate surface area is 182 Å². The van der Waals surface area contributed by atoms with Crippen LogP contribution in [0.1, 0.15) is 48.8 Å². The van der Waals surface area contributed by atoms with Crippen LogP contribution in [0.3, 0.4) is 0 Å². The normalized spacial score (nSPS) is 11.6. The summed E-state index contributed by atoms with van der Waals surface area (Å²) >= 11 is 0. The van der Waals surface area contributed by atoms with E-state index in [0.29, 0.717) is 29.5 Å². The molecule has 0 fully saturated rings. The van der Waals surface area contributed by atoms with Gasteiger partial charge in [-0.25, -0.2) is 0 Å². The second-order valence-electron chi connectivity index (χ2n) is 7.20. The lowest BCUT2D eigenvalue weighted by molar-refractivity contribution is 0.0934. The first-order chi connectivity index (χ1) is 15.0. The highest BCUT2D eigenvalue weighted by Gasteiger charge is 2.16. The maximum absolute atomic E-state index is 12.7. The lowest BCUT2D eigenvalue weighted by atomic mass is 10.1. The number of carbonyl (C=O) groups excluding carboxylic acids is 1. The number of nitrogens with zero attached hydrogens (tertiary/aromatic N) is 1. The Bertz CT molecular complexity index is 998. The topological polar surface area (TPSA) is 85.5 Å². The standard InChI is InChI=1S/C24H29N3O4/c1-5-6-13-31-19-10-7-17(8-11-19)20-15-21(27-26-20)24(28)25-16(2)18-9-12-22(29-3)23(14-18)30-4/h7-12,14-16H,5-6,13H2,1-4H3,(H,25,28)(H,26,27)/t16-/m0/s1. The first kappa shape index (κ1) is 22.2. The van der Waals surface area contributed by atoms with Crippen molar-refractivity contribution in [1.29, 1.82) is 0 Å². The van der Waals surface area contributed by atoms with Crippen molar-refractivity contribution >= 4 is 5.91 Å². The van der Waals surface area contributed by atoms with Crippen LogP contribution in [-0.4, -0.2) is 36.9 Å². The fourth-order valence-corrected chi connectivity index (χ4v) is 3.12. The lowest BCUT2D eigenvalue weighted by Gasteiger charge is -2.16. The smallest absolute Gasteiger partial charge is 0.269 e. The van der Waals surface area contributed by atoms with Crippen LogP contribution in [0.5, 0.6) is 17.2 Å². The molecule has 1 atom stereocenters. The Morgan fingerprint density at radius 2 is 1.81 bits per heavy atom. The van der Waals surface area contributed by atoms with Crippen molar-refractivity contribution in [3.63, 3.8) is 0 Å². The summed E-state index contributed by atoms with van der Waals surface area (Å²) in [5.41, 5.74) is 2.91. The first-order valence-electron chi connectivity index (χ1n) is 10.4. The number of hydrogen-bond acceptors (Lipinski definition) is 5. The van der Waals surface area contributed by atoms with Gasteiger partial charge in [0.05, 0.1) is 32.6 Å². The zero-order chi connectivity index (χ0) is 22.2. The first-order valence-corrected chi connectivity index (χ1v) is 10.4. The van der Waals surface area contributed by atoms with Crippen LogP contribution in [-0.2, 0) is 0 Å². The summed E-state index contributed by atoms with van der Waals surface area (Å²) in [5.74, 6) is 1.85. The van der Waals surface area contributed by atoms with Gasteiger partial charge in [-0.2, -0.15) is 5.10 Å². The van der Waals surface area contributed by atoms with Crippen molar-refractivity contribution in [1.82, 2.24) is 15.5 Å². The number of nitrogens with one attached hydrogen (secondary N) is 2. The summed E-state index contributed by atoms with van der Waals surface area (Å²) in [6.07, 6.45) is 2.13. The van der Waals surface area contributed by atoms with Gasteiger partial charge in [0.15, 0.2) is 11.5 Å². The number of aromatic amines is 1. The number of amides is 1. The summed E-state index contributed by atoms with van der Waals surface area (Å²) in [7, 11) is 3.17. The molecule has 0 radical (unpaired) electrons. The van der Waals surface area contributed by atoms with Gasteiger partial charge in [-0.1, -0.05) is 19.4 Å². The van der Waals surface area contributed by atoms with Crippen LogP contribution < -0.4 is 19.5 Å². The Hall–Kier alpha value is -3.48. The minimum atomic E-state index is -0.236. The molecular formula is C24H29N3O4. The molecule has 1 aromatic heterocycles. The Balaban J connectivity index is 1.64. The molecule has 0 unspecified atom stereocenters. The van der Waals surface area contributed by atoms with Crippen molar-refractivity contribution < 1.29 is 19.0 Å². The fraction of sp³-hybridized carbons (Fsp3) is 0.333. The van der Waals surface area contributed by atoms with Gasteiger partial charge in [-0.3, -0.25) is 9.89 Å². The summed E-state index contributed by atoms with van der Waals surface area (Å²) in [6, 6.07) is 14.8. The number of hydrogen-bond donors (Lipinski definition) is 2. The average Bonchev–Trinajstić information content (AvgIpc) is 3.29. The predicted molar refractivity (Wildman–Crippen MR) is 120 cm³/mol. The molecule has 0 saturated carbocycles. The molecule has 2 aromatic carbocycles. The van der Waals surface area contributed by atoms with Crippen molar-refractivity contribution in [2.75, 3.05) is 20.8 Å². The van der Waals surface area contributed by atoms with Crippen LogP contribution in [0.2, 0.25) is 0 Å². The van der Waals surface area contributed by atoms with Gasteiger partial charge in [0.1, 0.15) is 11.4 Å². The number of benzene rings is 2. The van der Waals surface area contributed by atoms with E-state index in [-0.39, 0.29) is 11.9 Å². The van der Waals surface area contributed by atoms with E-state index in [2.05, 4.69) is 22.4 Å². The van der Waals surface area contributed by atoms with Gasteiger partial charge in [0.25, 0.3) is 5.91 Å². The minimum Gasteiger partial charge on any atom is -0.494 e. The number of unbranched alkanes of at least 4 members (excludes halogenated alkanes) is 1. The molecule has 7 heteroatoms. The van der Waals surface area contributed by atoms with E-state index in [0.717, 1.165) is 29.7 Å². The second-order valence-corrected chi connectivity index (χ2v) is 7.20. The lowest BCUT2D eigenvalue weighted by Crippen LogP contribution is -2.27. The third kappa shape index (κ3) is 5.57. The maximum atomic E-state index is 12.7. The summed E-state index contributed by atoms with van der Waals surface area (Å²) in [5, 5.41) is 10.1. The van der Waals surface area contributed by atoms with E-state index in [1.54, 1.807) is 20.3 Å². The number of H-pyrrole nitrogens is 1. The van der Waals surface area contributed by atoms with Crippen LogP contribution in [0.15, 0.2) is 48.5 Å². The van der Waals surface area contributed by atoms with Gasteiger partial charge in [0, 0.05) is 5.56 Å². The molecule has 0 aliphatic rings. The Kier molecular flexibility index (Phi) is 7.54. The summed E-state index contributed by atoms with van der Waals surface area (Å²) in [4.78, 5) is 12.7. The molecule has 1 amide bonds. The molecule has 0 saturated heterocycles. The van der Waals surface area contributed by atoms with E-state index < -0.39 is 0 Å². The zero-order valence-electron chi connectivity index (χ0n) is 18.4.